The highest BCUT2D eigenvalue weighted by atomic mass is 127. The topological polar surface area (TPSA) is 54.4 Å². The van der Waals surface area contributed by atoms with E-state index < -0.39 is 0 Å². The second-order valence-corrected chi connectivity index (χ2v) is 5.50. The van der Waals surface area contributed by atoms with Crippen LogP contribution in [0.4, 0.5) is 0 Å². The molecule has 5 heteroatoms. The Morgan fingerprint density at radius 3 is 2.55 bits per heavy atom. The Morgan fingerprint density at radius 1 is 1.20 bits per heavy atom. The fourth-order valence-corrected chi connectivity index (χ4v) is 2.11. The van der Waals surface area contributed by atoms with E-state index in [1.54, 1.807) is 18.5 Å². The van der Waals surface area contributed by atoms with E-state index in [-0.39, 0.29) is 5.91 Å². The molecule has 102 valence electrons. The minimum Gasteiger partial charge on any atom is -0.267 e. The first-order valence-corrected chi connectivity index (χ1v) is 7.17. The van der Waals surface area contributed by atoms with E-state index in [4.69, 9.17) is 0 Å². The number of halogens is 1. The number of hydrogen-bond donors (Lipinski definition) is 1. The van der Waals surface area contributed by atoms with Gasteiger partial charge >= 0.3 is 0 Å². The van der Waals surface area contributed by atoms with Crippen LogP contribution >= 0.6 is 22.6 Å². The largest absolute Gasteiger partial charge is 0.271 e. The predicted molar refractivity (Wildman–Crippen MR) is 87.8 cm³/mol. The molecule has 0 bridgehead atoms. The van der Waals surface area contributed by atoms with Gasteiger partial charge in [0.2, 0.25) is 0 Å². The molecule has 0 aliphatic rings. The van der Waals surface area contributed by atoms with Gasteiger partial charge in [0.25, 0.3) is 5.91 Å². The number of nitrogens with one attached hydrogen (secondary N) is 1. The Hall–Kier alpha value is -1.76. The number of carbonyl (C=O) groups excluding carboxylic acids is 1. The van der Waals surface area contributed by atoms with Crippen LogP contribution in [-0.4, -0.2) is 16.6 Å². The van der Waals surface area contributed by atoms with Crippen LogP contribution in [-0.2, 0) is 0 Å². The van der Waals surface area contributed by atoms with E-state index in [0.717, 1.165) is 20.4 Å². The number of aryl methyl sites for hydroxylation is 1. The molecule has 0 saturated carbocycles. The maximum absolute atomic E-state index is 12.0. The van der Waals surface area contributed by atoms with Crippen LogP contribution < -0.4 is 5.43 Å². The van der Waals surface area contributed by atoms with Crippen molar-refractivity contribution >= 4 is 34.2 Å². The van der Waals surface area contributed by atoms with Crippen molar-refractivity contribution in [2.24, 2.45) is 5.10 Å². The van der Waals surface area contributed by atoms with Gasteiger partial charge in [-0.3, -0.25) is 9.78 Å². The molecule has 0 aliphatic heterocycles. The Morgan fingerprint density at radius 2 is 1.90 bits per heavy atom. The fourth-order valence-electron chi connectivity index (χ4n) is 1.59. The molecule has 2 rings (SSSR count). The summed E-state index contributed by atoms with van der Waals surface area (Å²) in [5.41, 5.74) is 5.99. The lowest BCUT2D eigenvalue weighted by molar-refractivity contribution is 0.0955. The van der Waals surface area contributed by atoms with E-state index in [1.165, 1.54) is 0 Å². The van der Waals surface area contributed by atoms with Crippen LogP contribution in [0, 0.1) is 10.5 Å². The van der Waals surface area contributed by atoms with Gasteiger partial charge in [0, 0.05) is 27.1 Å². The van der Waals surface area contributed by atoms with Crippen LogP contribution in [0.25, 0.3) is 0 Å². The zero-order valence-corrected chi connectivity index (χ0v) is 13.4. The number of carbonyl (C=O) groups is 1. The van der Waals surface area contributed by atoms with Gasteiger partial charge in [0.15, 0.2) is 0 Å². The molecule has 4 nitrogen and oxygen atoms in total. The average molecular weight is 379 g/mol. The summed E-state index contributed by atoms with van der Waals surface area (Å²) in [5, 5.41) is 4.11. The highest BCUT2D eigenvalue weighted by Gasteiger charge is 2.06. The van der Waals surface area contributed by atoms with E-state index in [9.17, 15) is 4.79 Å². The van der Waals surface area contributed by atoms with E-state index >= 15 is 0 Å². The number of hydrazone groups is 1. The van der Waals surface area contributed by atoms with Crippen molar-refractivity contribution in [3.63, 3.8) is 0 Å². The third-order valence-electron chi connectivity index (χ3n) is 2.86. The van der Waals surface area contributed by atoms with E-state index in [2.05, 4.69) is 38.1 Å². The summed E-state index contributed by atoms with van der Waals surface area (Å²) in [4.78, 5) is 16.0. The van der Waals surface area contributed by atoms with Crippen molar-refractivity contribution in [1.82, 2.24) is 10.4 Å². The molecule has 0 spiro atoms. The number of aromatic nitrogens is 1. The zero-order chi connectivity index (χ0) is 14.5. The molecule has 0 atom stereocenters. The molecular weight excluding hydrogens is 365 g/mol. The molecule has 20 heavy (non-hydrogen) atoms. The number of hydrogen-bond acceptors (Lipinski definition) is 3. The molecule has 1 N–H and O–H groups in total. The number of pyridine rings is 1. The lowest BCUT2D eigenvalue weighted by Crippen LogP contribution is -2.19. The maximum atomic E-state index is 12.0. The summed E-state index contributed by atoms with van der Waals surface area (Å²) in [6, 6.07) is 9.27. The highest BCUT2D eigenvalue weighted by Crippen LogP contribution is 2.13. The normalized spacial score (nSPS) is 11.2. The molecular formula is C15H14IN3O. The fraction of sp³-hybridized carbons (Fsp3) is 0.133. The van der Waals surface area contributed by atoms with Gasteiger partial charge in [0.1, 0.15) is 0 Å². The van der Waals surface area contributed by atoms with Gasteiger partial charge < -0.3 is 0 Å². The van der Waals surface area contributed by atoms with E-state index in [1.807, 2.05) is 38.1 Å². The summed E-state index contributed by atoms with van der Waals surface area (Å²) in [6.45, 7) is 3.85. The molecule has 0 saturated heterocycles. The number of rotatable bonds is 3. The summed E-state index contributed by atoms with van der Waals surface area (Å²) in [7, 11) is 0. The summed E-state index contributed by atoms with van der Waals surface area (Å²) < 4.78 is 1.06. The van der Waals surface area contributed by atoms with Crippen LogP contribution in [0.15, 0.2) is 47.8 Å². The molecule has 0 unspecified atom stereocenters. The van der Waals surface area contributed by atoms with Gasteiger partial charge in [-0.15, -0.1) is 0 Å². The van der Waals surface area contributed by atoms with Gasteiger partial charge in [-0.25, -0.2) is 5.43 Å². The van der Waals surface area contributed by atoms with Gasteiger partial charge in [-0.2, -0.15) is 5.10 Å². The standard InChI is InChI=1S/C15H14IN3O/c1-10-3-4-13(9-14(10)16)15(20)19-18-11(2)12-5-7-17-8-6-12/h3-9H,1-2H3,(H,19,20)/b18-11+. The minimum absolute atomic E-state index is 0.212. The van der Waals surface area contributed by atoms with Crippen LogP contribution in [0.5, 0.6) is 0 Å². The molecule has 0 aliphatic carbocycles. The summed E-state index contributed by atoms with van der Waals surface area (Å²) >= 11 is 2.21. The lowest BCUT2D eigenvalue weighted by atomic mass is 10.1. The van der Waals surface area contributed by atoms with Crippen molar-refractivity contribution in [3.8, 4) is 0 Å². The Labute approximate surface area is 131 Å². The number of nitrogens with zero attached hydrogens (tertiary/aromatic N) is 2. The van der Waals surface area contributed by atoms with Crippen LogP contribution in [0.3, 0.4) is 0 Å². The van der Waals surface area contributed by atoms with E-state index in [0.29, 0.717) is 5.56 Å². The molecule has 0 radical (unpaired) electrons. The van der Waals surface area contributed by atoms with Crippen molar-refractivity contribution in [1.29, 1.82) is 0 Å². The monoisotopic (exact) mass is 379 g/mol. The van der Waals surface area contributed by atoms with Crippen molar-refractivity contribution in [2.75, 3.05) is 0 Å². The highest BCUT2D eigenvalue weighted by molar-refractivity contribution is 14.1. The first kappa shape index (κ1) is 14.6. The Bertz CT molecular complexity index is 653. The van der Waals surface area contributed by atoms with Gasteiger partial charge in [-0.05, 0) is 66.3 Å². The second-order valence-electron chi connectivity index (χ2n) is 4.34. The summed E-state index contributed by atoms with van der Waals surface area (Å²) in [5.74, 6) is -0.212. The smallest absolute Gasteiger partial charge is 0.267 e. The Balaban J connectivity index is 2.10. The van der Waals surface area contributed by atoms with Crippen LogP contribution in [0.2, 0.25) is 0 Å². The molecule has 0 fully saturated rings. The van der Waals surface area contributed by atoms with Crippen molar-refractivity contribution in [2.45, 2.75) is 13.8 Å². The predicted octanol–water partition coefficient (Wildman–Crippen LogP) is 3.15. The van der Waals surface area contributed by atoms with Crippen molar-refractivity contribution < 1.29 is 4.79 Å². The molecule has 1 aromatic heterocycles. The first-order chi connectivity index (χ1) is 9.58. The Kier molecular flexibility index (Phi) is 4.84. The van der Waals surface area contributed by atoms with Crippen molar-refractivity contribution in [3.05, 3.63) is 63.0 Å². The second kappa shape index (κ2) is 6.60. The minimum atomic E-state index is -0.212. The average Bonchev–Trinajstić information content (AvgIpc) is 2.48. The third-order valence-corrected chi connectivity index (χ3v) is 4.02. The third kappa shape index (κ3) is 3.63. The quantitative estimate of drug-likeness (QED) is 0.506. The SMILES string of the molecule is C/C(=N\NC(=O)c1ccc(C)c(I)c1)c1ccncc1. The molecule has 1 amide bonds. The first-order valence-electron chi connectivity index (χ1n) is 6.09. The molecule has 2 aromatic rings. The number of benzene rings is 1. The zero-order valence-electron chi connectivity index (χ0n) is 11.2. The number of amides is 1. The van der Waals surface area contributed by atoms with Gasteiger partial charge in [-0.1, -0.05) is 6.07 Å². The maximum Gasteiger partial charge on any atom is 0.271 e. The molecule has 1 aromatic carbocycles. The lowest BCUT2D eigenvalue weighted by Gasteiger charge is -2.04. The molecule has 1 heterocycles. The van der Waals surface area contributed by atoms with Gasteiger partial charge in [0.05, 0.1) is 5.71 Å². The summed E-state index contributed by atoms with van der Waals surface area (Å²) in [6.07, 6.45) is 3.39. The van der Waals surface area contributed by atoms with Crippen LogP contribution in [0.1, 0.15) is 28.4 Å².